The largest absolute Gasteiger partial charge is 0.497 e. The number of benzene rings is 3. The van der Waals surface area contributed by atoms with Gasteiger partial charge in [-0.15, -0.1) is 0 Å². The summed E-state index contributed by atoms with van der Waals surface area (Å²) in [7, 11) is 1.56. The van der Waals surface area contributed by atoms with E-state index in [4.69, 9.17) is 4.74 Å². The molecule has 0 aliphatic heterocycles. The van der Waals surface area contributed by atoms with Crippen molar-refractivity contribution < 1.29 is 27.5 Å². The number of carbonyl (C=O) groups excluding carboxylic acids is 2. The predicted molar refractivity (Wildman–Crippen MR) is 114 cm³/mol. The molecule has 8 heteroatoms. The van der Waals surface area contributed by atoms with Crippen LogP contribution < -0.4 is 15.4 Å². The zero-order valence-electron chi connectivity index (χ0n) is 17.2. The molecule has 0 fully saturated rings. The van der Waals surface area contributed by atoms with Crippen LogP contribution in [0.15, 0.2) is 72.8 Å². The van der Waals surface area contributed by atoms with E-state index in [1.807, 2.05) is 12.1 Å². The van der Waals surface area contributed by atoms with Gasteiger partial charge < -0.3 is 15.4 Å². The van der Waals surface area contributed by atoms with Gasteiger partial charge in [0.15, 0.2) is 0 Å². The first-order chi connectivity index (χ1) is 15.3. The van der Waals surface area contributed by atoms with Crippen LogP contribution in [-0.4, -0.2) is 25.5 Å². The molecule has 5 nitrogen and oxygen atoms in total. The summed E-state index contributed by atoms with van der Waals surface area (Å²) in [6.07, 6.45) is -4.41. The lowest BCUT2D eigenvalue weighted by Gasteiger charge is -2.10. The van der Waals surface area contributed by atoms with Gasteiger partial charge in [0.25, 0.3) is 5.91 Å². The fourth-order valence-electron chi connectivity index (χ4n) is 3.00. The molecule has 0 spiro atoms. The van der Waals surface area contributed by atoms with E-state index >= 15 is 0 Å². The fourth-order valence-corrected chi connectivity index (χ4v) is 3.00. The summed E-state index contributed by atoms with van der Waals surface area (Å²) in [5.41, 5.74) is 1.55. The Morgan fingerprint density at radius 1 is 0.875 bits per heavy atom. The third kappa shape index (κ3) is 6.10. The summed E-state index contributed by atoms with van der Waals surface area (Å²) < 4.78 is 43.3. The van der Waals surface area contributed by atoms with Gasteiger partial charge in [0.1, 0.15) is 5.75 Å². The molecule has 0 aromatic heterocycles. The highest BCUT2D eigenvalue weighted by Crippen LogP contribution is 2.31. The summed E-state index contributed by atoms with van der Waals surface area (Å²) in [5, 5.41) is 5.25. The Morgan fingerprint density at radius 3 is 2.28 bits per heavy atom. The summed E-state index contributed by atoms with van der Waals surface area (Å²) in [6, 6.07) is 18.4. The van der Waals surface area contributed by atoms with Crippen LogP contribution in [0.1, 0.15) is 21.5 Å². The Hall–Kier alpha value is -3.81. The predicted octanol–water partition coefficient (Wildman–Crippen LogP) is 4.43. The van der Waals surface area contributed by atoms with Gasteiger partial charge in [-0.1, -0.05) is 36.4 Å². The summed E-state index contributed by atoms with van der Waals surface area (Å²) in [5.74, 6) is -0.145. The maximum atomic E-state index is 12.7. The average Bonchev–Trinajstić information content (AvgIpc) is 2.81. The summed E-state index contributed by atoms with van der Waals surface area (Å²) in [4.78, 5) is 24.5. The number of hydrogen-bond acceptors (Lipinski definition) is 3. The standard InChI is InChI=1S/C24H21F3N2O3/c1-32-21-7-2-4-16(12-21)14-28-22(30)15-29-23(31)19-6-3-5-18(13-19)17-8-10-20(11-9-17)24(25,26)27/h2-13H,14-15H2,1H3,(H,28,30)(H,29,31). The van der Waals surface area contributed by atoms with Crippen molar-refractivity contribution >= 4 is 11.8 Å². The molecule has 0 aliphatic rings. The first-order valence-corrected chi connectivity index (χ1v) is 9.72. The highest BCUT2D eigenvalue weighted by Gasteiger charge is 2.29. The molecule has 0 radical (unpaired) electrons. The van der Waals surface area contributed by atoms with E-state index in [1.54, 1.807) is 43.5 Å². The number of ether oxygens (including phenoxy) is 1. The number of amides is 2. The molecule has 0 saturated heterocycles. The van der Waals surface area contributed by atoms with Crippen molar-refractivity contribution in [1.82, 2.24) is 10.6 Å². The average molecular weight is 442 g/mol. The van der Waals surface area contributed by atoms with Crippen molar-refractivity contribution in [3.05, 3.63) is 89.5 Å². The molecule has 0 atom stereocenters. The van der Waals surface area contributed by atoms with Crippen molar-refractivity contribution in [1.29, 1.82) is 0 Å². The number of hydrogen-bond donors (Lipinski definition) is 2. The van der Waals surface area contributed by atoms with Crippen LogP contribution in [0.3, 0.4) is 0 Å². The van der Waals surface area contributed by atoms with Gasteiger partial charge in [-0.3, -0.25) is 9.59 Å². The van der Waals surface area contributed by atoms with Crippen LogP contribution in [-0.2, 0) is 17.5 Å². The number of rotatable bonds is 7. The zero-order chi connectivity index (χ0) is 23.1. The molecule has 0 heterocycles. The molecular formula is C24H21F3N2O3. The number of carbonyl (C=O) groups is 2. The Bertz CT molecular complexity index is 1100. The van der Waals surface area contributed by atoms with Gasteiger partial charge in [0.05, 0.1) is 19.2 Å². The molecule has 0 aliphatic carbocycles. The van der Waals surface area contributed by atoms with Gasteiger partial charge in [-0.2, -0.15) is 13.2 Å². The van der Waals surface area contributed by atoms with Crippen LogP contribution in [0.5, 0.6) is 5.75 Å². The van der Waals surface area contributed by atoms with Crippen LogP contribution in [0.4, 0.5) is 13.2 Å². The van der Waals surface area contributed by atoms with E-state index in [-0.39, 0.29) is 19.0 Å². The van der Waals surface area contributed by atoms with Gasteiger partial charge in [0, 0.05) is 12.1 Å². The molecule has 0 saturated carbocycles. The lowest BCUT2D eigenvalue weighted by atomic mass is 10.0. The van der Waals surface area contributed by atoms with Gasteiger partial charge in [-0.05, 0) is 53.1 Å². The molecule has 32 heavy (non-hydrogen) atoms. The van der Waals surface area contributed by atoms with E-state index in [9.17, 15) is 22.8 Å². The molecule has 166 valence electrons. The second kappa shape index (κ2) is 10.00. The summed E-state index contributed by atoms with van der Waals surface area (Å²) in [6.45, 7) is 0.0720. The van der Waals surface area contributed by atoms with E-state index in [0.717, 1.165) is 17.7 Å². The molecule has 3 aromatic rings. The third-order valence-corrected chi connectivity index (χ3v) is 4.70. The topological polar surface area (TPSA) is 67.4 Å². The monoisotopic (exact) mass is 442 g/mol. The quantitative estimate of drug-likeness (QED) is 0.569. The van der Waals surface area contributed by atoms with Crippen molar-refractivity contribution in [2.75, 3.05) is 13.7 Å². The molecule has 0 unspecified atom stereocenters. The van der Waals surface area contributed by atoms with Crippen molar-refractivity contribution in [3.8, 4) is 16.9 Å². The number of methoxy groups -OCH3 is 1. The number of halogens is 3. The second-order valence-electron chi connectivity index (χ2n) is 6.97. The Balaban J connectivity index is 1.56. The van der Waals surface area contributed by atoms with Gasteiger partial charge in [-0.25, -0.2) is 0 Å². The van der Waals surface area contributed by atoms with Gasteiger partial charge >= 0.3 is 6.18 Å². The first-order valence-electron chi connectivity index (χ1n) is 9.72. The SMILES string of the molecule is COc1cccc(CNC(=O)CNC(=O)c2cccc(-c3ccc(C(F)(F)F)cc3)c2)c1. The second-order valence-corrected chi connectivity index (χ2v) is 6.97. The number of alkyl halides is 3. The molecule has 2 amide bonds. The molecular weight excluding hydrogens is 421 g/mol. The molecule has 3 rings (SSSR count). The van der Waals surface area contributed by atoms with E-state index in [2.05, 4.69) is 10.6 Å². The van der Waals surface area contributed by atoms with Crippen LogP contribution in [0, 0.1) is 0 Å². The van der Waals surface area contributed by atoms with E-state index in [1.165, 1.54) is 12.1 Å². The minimum Gasteiger partial charge on any atom is -0.497 e. The molecule has 2 N–H and O–H groups in total. The minimum atomic E-state index is -4.41. The maximum absolute atomic E-state index is 12.7. The first kappa shape index (κ1) is 22.9. The van der Waals surface area contributed by atoms with Crippen LogP contribution in [0.25, 0.3) is 11.1 Å². The number of nitrogens with one attached hydrogen (secondary N) is 2. The van der Waals surface area contributed by atoms with Crippen LogP contribution >= 0.6 is 0 Å². The fraction of sp³-hybridized carbons (Fsp3) is 0.167. The third-order valence-electron chi connectivity index (χ3n) is 4.70. The Morgan fingerprint density at radius 2 is 1.59 bits per heavy atom. The van der Waals surface area contributed by atoms with Crippen LogP contribution in [0.2, 0.25) is 0 Å². The zero-order valence-corrected chi connectivity index (χ0v) is 17.2. The smallest absolute Gasteiger partial charge is 0.416 e. The normalized spacial score (nSPS) is 11.0. The van der Waals surface area contributed by atoms with E-state index in [0.29, 0.717) is 22.4 Å². The highest BCUT2D eigenvalue weighted by molar-refractivity contribution is 5.97. The Labute approximate surface area is 183 Å². The Kier molecular flexibility index (Phi) is 7.14. The molecule has 3 aromatic carbocycles. The van der Waals surface area contributed by atoms with Crippen molar-refractivity contribution in [2.24, 2.45) is 0 Å². The summed E-state index contributed by atoms with van der Waals surface area (Å²) >= 11 is 0. The maximum Gasteiger partial charge on any atom is 0.416 e. The lowest BCUT2D eigenvalue weighted by Crippen LogP contribution is -2.36. The lowest BCUT2D eigenvalue weighted by molar-refractivity contribution is -0.137. The van der Waals surface area contributed by atoms with Crippen molar-refractivity contribution in [2.45, 2.75) is 12.7 Å². The van der Waals surface area contributed by atoms with Crippen molar-refractivity contribution in [3.63, 3.8) is 0 Å². The highest BCUT2D eigenvalue weighted by atomic mass is 19.4. The minimum absolute atomic E-state index is 0.215. The van der Waals surface area contributed by atoms with Gasteiger partial charge in [0.2, 0.25) is 5.91 Å². The molecule has 0 bridgehead atoms. The van der Waals surface area contributed by atoms with E-state index < -0.39 is 17.6 Å².